The Morgan fingerprint density at radius 2 is 2.08 bits per heavy atom. The molecule has 13 heavy (non-hydrogen) atoms. The van der Waals surface area contributed by atoms with Crippen molar-refractivity contribution in [2.24, 2.45) is 5.92 Å². The van der Waals surface area contributed by atoms with E-state index in [1.165, 1.54) is 0 Å². The largest absolute Gasteiger partial charge is 0.481 e. The first-order valence-electron chi connectivity index (χ1n) is 4.65. The molecule has 1 aliphatic carbocycles. The van der Waals surface area contributed by atoms with Gasteiger partial charge in [0.1, 0.15) is 0 Å². The maximum absolute atomic E-state index is 11.1. The molecule has 0 radical (unpaired) electrons. The van der Waals surface area contributed by atoms with Crippen molar-refractivity contribution >= 4 is 11.9 Å². The van der Waals surface area contributed by atoms with Crippen LogP contribution in [0.2, 0.25) is 0 Å². The minimum Gasteiger partial charge on any atom is -0.481 e. The van der Waals surface area contributed by atoms with Crippen LogP contribution in [-0.4, -0.2) is 23.0 Å². The average Bonchev–Trinajstić information content (AvgIpc) is 1.95. The van der Waals surface area contributed by atoms with E-state index in [0.717, 1.165) is 6.42 Å². The van der Waals surface area contributed by atoms with E-state index in [0.29, 0.717) is 19.3 Å². The van der Waals surface area contributed by atoms with E-state index in [9.17, 15) is 9.59 Å². The van der Waals surface area contributed by atoms with E-state index in [1.807, 2.05) is 6.92 Å². The van der Waals surface area contributed by atoms with Gasteiger partial charge in [0.25, 0.3) is 0 Å². The molecule has 0 spiro atoms. The van der Waals surface area contributed by atoms with Crippen LogP contribution in [0.15, 0.2) is 0 Å². The number of carbonyl (C=O) groups excluding carboxylic acids is 1. The average molecular weight is 185 g/mol. The van der Waals surface area contributed by atoms with Gasteiger partial charge in [0.15, 0.2) is 0 Å². The maximum atomic E-state index is 11.1. The van der Waals surface area contributed by atoms with Gasteiger partial charge < -0.3 is 10.4 Å². The number of hydrogen-bond donors (Lipinski definition) is 2. The number of aliphatic carboxylic acids is 1. The van der Waals surface area contributed by atoms with E-state index in [2.05, 4.69) is 5.32 Å². The lowest BCUT2D eigenvalue weighted by Gasteiger charge is -2.32. The van der Waals surface area contributed by atoms with Crippen LogP contribution in [0.25, 0.3) is 0 Å². The fourth-order valence-corrected chi connectivity index (χ4v) is 1.46. The number of rotatable bonds is 4. The van der Waals surface area contributed by atoms with Crippen molar-refractivity contribution in [1.29, 1.82) is 0 Å². The van der Waals surface area contributed by atoms with Gasteiger partial charge in [-0.15, -0.1) is 0 Å². The molecule has 1 saturated carbocycles. The molecule has 2 N–H and O–H groups in total. The van der Waals surface area contributed by atoms with Crippen molar-refractivity contribution in [2.75, 3.05) is 0 Å². The molecule has 4 nitrogen and oxygen atoms in total. The Hall–Kier alpha value is -1.06. The molecule has 1 fully saturated rings. The van der Waals surface area contributed by atoms with E-state index >= 15 is 0 Å². The number of amides is 1. The number of carboxylic acid groups (broad SMARTS) is 1. The normalized spacial score (nSPS) is 26.2. The van der Waals surface area contributed by atoms with Crippen LogP contribution in [0, 0.1) is 5.92 Å². The summed E-state index contributed by atoms with van der Waals surface area (Å²) in [5, 5.41) is 11.4. The molecule has 0 heterocycles. The first-order chi connectivity index (χ1) is 6.13. The Bertz CT molecular complexity index is 209. The highest BCUT2D eigenvalue weighted by Crippen LogP contribution is 2.27. The first-order valence-corrected chi connectivity index (χ1v) is 4.65. The smallest absolute Gasteiger partial charge is 0.306 e. The molecule has 0 aromatic heterocycles. The molecule has 0 saturated heterocycles. The van der Waals surface area contributed by atoms with Gasteiger partial charge >= 0.3 is 5.97 Å². The van der Waals surface area contributed by atoms with Crippen LogP contribution in [0.3, 0.4) is 0 Å². The standard InChI is InChI=1S/C9H15NO3/c1-2-3-8(11)10-7-4-6(5-7)9(12)13/h6-7H,2-5H2,1H3,(H,10,11)(H,12,13). The summed E-state index contributed by atoms with van der Waals surface area (Å²) >= 11 is 0. The number of nitrogens with one attached hydrogen (secondary N) is 1. The first kappa shape index (κ1) is 10.0. The second-order valence-electron chi connectivity index (χ2n) is 3.52. The molecule has 1 aliphatic rings. The number of carboxylic acids is 1. The summed E-state index contributed by atoms with van der Waals surface area (Å²) in [6, 6.07) is 0.0974. The van der Waals surface area contributed by atoms with Crippen LogP contribution < -0.4 is 5.32 Å². The zero-order valence-corrected chi connectivity index (χ0v) is 7.75. The topological polar surface area (TPSA) is 66.4 Å². The van der Waals surface area contributed by atoms with Crippen LogP contribution in [0.4, 0.5) is 0 Å². The molecule has 0 aromatic carbocycles. The van der Waals surface area contributed by atoms with E-state index in [-0.39, 0.29) is 17.9 Å². The number of hydrogen-bond acceptors (Lipinski definition) is 2. The van der Waals surface area contributed by atoms with Crippen molar-refractivity contribution in [3.8, 4) is 0 Å². The fourth-order valence-electron chi connectivity index (χ4n) is 1.46. The molecule has 0 atom stereocenters. The summed E-state index contributed by atoms with van der Waals surface area (Å²) in [4.78, 5) is 21.5. The predicted octanol–water partition coefficient (Wildman–Crippen LogP) is 0.766. The quantitative estimate of drug-likeness (QED) is 0.679. The molecule has 0 unspecified atom stereocenters. The van der Waals surface area contributed by atoms with Crippen LogP contribution in [-0.2, 0) is 9.59 Å². The zero-order valence-electron chi connectivity index (χ0n) is 7.75. The van der Waals surface area contributed by atoms with Gasteiger partial charge in [0, 0.05) is 12.5 Å². The Morgan fingerprint density at radius 3 is 2.54 bits per heavy atom. The van der Waals surface area contributed by atoms with Gasteiger partial charge in [0.05, 0.1) is 5.92 Å². The second kappa shape index (κ2) is 4.25. The van der Waals surface area contributed by atoms with E-state index < -0.39 is 5.97 Å². The Labute approximate surface area is 77.3 Å². The Balaban J connectivity index is 2.14. The second-order valence-corrected chi connectivity index (χ2v) is 3.52. The zero-order chi connectivity index (χ0) is 9.84. The molecule has 0 aliphatic heterocycles. The van der Waals surface area contributed by atoms with E-state index in [1.54, 1.807) is 0 Å². The summed E-state index contributed by atoms with van der Waals surface area (Å²) in [7, 11) is 0. The van der Waals surface area contributed by atoms with Crippen molar-refractivity contribution in [3.05, 3.63) is 0 Å². The highest BCUT2D eigenvalue weighted by Gasteiger charge is 2.34. The molecule has 1 rings (SSSR count). The van der Waals surface area contributed by atoms with Gasteiger partial charge in [-0.3, -0.25) is 9.59 Å². The Morgan fingerprint density at radius 1 is 1.46 bits per heavy atom. The van der Waals surface area contributed by atoms with Gasteiger partial charge in [0.2, 0.25) is 5.91 Å². The SMILES string of the molecule is CCCC(=O)NC1CC(C(=O)O)C1. The minimum atomic E-state index is -0.749. The fraction of sp³-hybridized carbons (Fsp3) is 0.778. The van der Waals surface area contributed by atoms with Crippen molar-refractivity contribution in [1.82, 2.24) is 5.32 Å². The van der Waals surface area contributed by atoms with Crippen molar-refractivity contribution < 1.29 is 14.7 Å². The summed E-state index contributed by atoms with van der Waals surface area (Å²) in [6.07, 6.45) is 2.55. The molecule has 4 heteroatoms. The summed E-state index contributed by atoms with van der Waals surface area (Å²) in [6.45, 7) is 1.94. The molecule has 0 aromatic rings. The van der Waals surface area contributed by atoms with Gasteiger partial charge in [-0.2, -0.15) is 0 Å². The van der Waals surface area contributed by atoms with Crippen LogP contribution in [0.1, 0.15) is 32.6 Å². The van der Waals surface area contributed by atoms with Gasteiger partial charge in [-0.25, -0.2) is 0 Å². The molecule has 1 amide bonds. The lowest BCUT2D eigenvalue weighted by atomic mass is 9.80. The van der Waals surface area contributed by atoms with Crippen LogP contribution in [0.5, 0.6) is 0 Å². The third kappa shape index (κ3) is 2.72. The van der Waals surface area contributed by atoms with Gasteiger partial charge in [-0.1, -0.05) is 6.92 Å². The summed E-state index contributed by atoms with van der Waals surface area (Å²) in [5.41, 5.74) is 0. The lowest BCUT2D eigenvalue weighted by molar-refractivity contribution is -0.146. The third-order valence-electron chi connectivity index (χ3n) is 2.33. The predicted molar refractivity (Wildman–Crippen MR) is 47.2 cm³/mol. The number of carbonyl (C=O) groups is 2. The molecule has 0 bridgehead atoms. The monoisotopic (exact) mass is 185 g/mol. The van der Waals surface area contributed by atoms with Crippen LogP contribution >= 0.6 is 0 Å². The highest BCUT2D eigenvalue weighted by atomic mass is 16.4. The van der Waals surface area contributed by atoms with E-state index in [4.69, 9.17) is 5.11 Å². The highest BCUT2D eigenvalue weighted by molar-refractivity contribution is 5.77. The van der Waals surface area contributed by atoms with Crippen molar-refractivity contribution in [2.45, 2.75) is 38.6 Å². The third-order valence-corrected chi connectivity index (χ3v) is 2.33. The minimum absolute atomic E-state index is 0.0383. The molecule has 74 valence electrons. The maximum Gasteiger partial charge on any atom is 0.306 e. The molecular weight excluding hydrogens is 170 g/mol. The van der Waals surface area contributed by atoms with Gasteiger partial charge in [-0.05, 0) is 19.3 Å². The summed E-state index contributed by atoms with van der Waals surface area (Å²) in [5.74, 6) is -0.954. The molecular formula is C9H15NO3. The Kier molecular flexibility index (Phi) is 3.28. The summed E-state index contributed by atoms with van der Waals surface area (Å²) < 4.78 is 0. The lowest BCUT2D eigenvalue weighted by Crippen LogP contribution is -2.46. The van der Waals surface area contributed by atoms with Crippen molar-refractivity contribution in [3.63, 3.8) is 0 Å².